The molecule has 1 atom stereocenters. The standard InChI is InChI=1S/C14H25N5OS.ClH/c1-4-19(5-2)12(20)10-21-14-17-16-13(18(14)3)11-7-6-8-15-9-11;/h11,15H,4-10H2,1-3H3;1H. The summed E-state index contributed by atoms with van der Waals surface area (Å²) in [5.41, 5.74) is 0. The Morgan fingerprint density at radius 1 is 1.41 bits per heavy atom. The maximum Gasteiger partial charge on any atom is 0.233 e. The van der Waals surface area contributed by atoms with Crippen LogP contribution in [0.5, 0.6) is 0 Å². The molecule has 1 aromatic rings. The highest BCUT2D eigenvalue weighted by molar-refractivity contribution is 7.99. The Hall–Kier alpha value is -0.790. The molecule has 0 aliphatic carbocycles. The van der Waals surface area contributed by atoms with Crippen LogP contribution < -0.4 is 5.32 Å². The number of rotatable bonds is 6. The van der Waals surface area contributed by atoms with Crippen LogP contribution in [0.4, 0.5) is 0 Å². The molecule has 126 valence electrons. The van der Waals surface area contributed by atoms with Gasteiger partial charge in [-0.25, -0.2) is 0 Å². The third-order valence-electron chi connectivity index (χ3n) is 3.97. The van der Waals surface area contributed by atoms with Gasteiger partial charge in [-0.05, 0) is 33.2 Å². The smallest absolute Gasteiger partial charge is 0.233 e. The van der Waals surface area contributed by atoms with Crippen molar-refractivity contribution in [1.29, 1.82) is 0 Å². The van der Waals surface area contributed by atoms with Gasteiger partial charge in [-0.15, -0.1) is 22.6 Å². The summed E-state index contributed by atoms with van der Waals surface area (Å²) in [6.07, 6.45) is 2.34. The second-order valence-electron chi connectivity index (χ2n) is 5.30. The number of amides is 1. The Bertz CT molecular complexity index is 472. The molecule has 0 saturated carbocycles. The lowest BCUT2D eigenvalue weighted by Crippen LogP contribution is -2.32. The van der Waals surface area contributed by atoms with Gasteiger partial charge in [0.05, 0.1) is 5.75 Å². The molecule has 1 fully saturated rings. The van der Waals surface area contributed by atoms with Crippen molar-refractivity contribution in [2.45, 2.75) is 37.8 Å². The minimum atomic E-state index is 0. The van der Waals surface area contributed by atoms with E-state index in [1.807, 2.05) is 30.4 Å². The summed E-state index contributed by atoms with van der Waals surface area (Å²) in [6, 6.07) is 0. The highest BCUT2D eigenvalue weighted by Crippen LogP contribution is 2.24. The Balaban J connectivity index is 0.00000242. The predicted molar refractivity (Wildman–Crippen MR) is 91.7 cm³/mol. The molecule has 2 rings (SSSR count). The molecule has 0 radical (unpaired) electrons. The van der Waals surface area contributed by atoms with E-state index in [2.05, 4.69) is 15.5 Å². The third kappa shape index (κ3) is 4.60. The van der Waals surface area contributed by atoms with Gasteiger partial charge in [0.1, 0.15) is 5.82 Å². The van der Waals surface area contributed by atoms with Gasteiger partial charge < -0.3 is 14.8 Å². The number of piperidine rings is 1. The summed E-state index contributed by atoms with van der Waals surface area (Å²) < 4.78 is 2.04. The van der Waals surface area contributed by atoms with E-state index in [0.717, 1.165) is 43.6 Å². The van der Waals surface area contributed by atoms with Crippen LogP contribution >= 0.6 is 24.2 Å². The molecule has 6 nitrogen and oxygen atoms in total. The molecule has 1 unspecified atom stereocenters. The Morgan fingerprint density at radius 2 is 2.14 bits per heavy atom. The lowest BCUT2D eigenvalue weighted by Gasteiger charge is -2.21. The van der Waals surface area contributed by atoms with Crippen molar-refractivity contribution in [3.63, 3.8) is 0 Å². The summed E-state index contributed by atoms with van der Waals surface area (Å²) in [5.74, 6) is 2.05. The molecule has 2 heterocycles. The van der Waals surface area contributed by atoms with E-state index in [-0.39, 0.29) is 18.3 Å². The zero-order chi connectivity index (χ0) is 15.2. The first-order valence-corrected chi connectivity index (χ1v) is 8.66. The number of halogens is 1. The molecule has 1 saturated heterocycles. The van der Waals surface area contributed by atoms with Gasteiger partial charge in [-0.1, -0.05) is 11.8 Å². The van der Waals surface area contributed by atoms with Crippen molar-refractivity contribution in [3.05, 3.63) is 5.82 Å². The number of aromatic nitrogens is 3. The highest BCUT2D eigenvalue weighted by atomic mass is 35.5. The summed E-state index contributed by atoms with van der Waals surface area (Å²) in [5, 5.41) is 12.8. The Morgan fingerprint density at radius 3 is 2.73 bits per heavy atom. The topological polar surface area (TPSA) is 63.1 Å². The predicted octanol–water partition coefficient (Wildman–Crippen LogP) is 1.66. The first-order chi connectivity index (χ1) is 10.2. The Kier molecular flexibility index (Phi) is 8.20. The van der Waals surface area contributed by atoms with Crippen LogP contribution in [0, 0.1) is 0 Å². The van der Waals surface area contributed by atoms with E-state index in [1.165, 1.54) is 18.2 Å². The number of carbonyl (C=O) groups is 1. The minimum absolute atomic E-state index is 0. The Labute approximate surface area is 142 Å². The van der Waals surface area contributed by atoms with Crippen LogP contribution in [0.1, 0.15) is 38.4 Å². The average molecular weight is 348 g/mol. The van der Waals surface area contributed by atoms with Crippen molar-refractivity contribution in [1.82, 2.24) is 25.0 Å². The van der Waals surface area contributed by atoms with E-state index < -0.39 is 0 Å². The van der Waals surface area contributed by atoms with E-state index in [1.54, 1.807) is 0 Å². The quantitative estimate of drug-likeness (QED) is 0.793. The van der Waals surface area contributed by atoms with Crippen molar-refractivity contribution >= 4 is 30.1 Å². The molecule has 22 heavy (non-hydrogen) atoms. The first-order valence-electron chi connectivity index (χ1n) is 7.67. The number of carbonyl (C=O) groups excluding carboxylic acids is 1. The molecule has 8 heteroatoms. The van der Waals surface area contributed by atoms with E-state index >= 15 is 0 Å². The number of nitrogens with one attached hydrogen (secondary N) is 1. The van der Waals surface area contributed by atoms with Crippen LogP contribution in [0.3, 0.4) is 0 Å². The molecule has 0 spiro atoms. The van der Waals surface area contributed by atoms with E-state index in [9.17, 15) is 4.79 Å². The van der Waals surface area contributed by atoms with Crippen LogP contribution in [0.2, 0.25) is 0 Å². The molecule has 1 aliphatic rings. The number of hydrogen-bond acceptors (Lipinski definition) is 5. The van der Waals surface area contributed by atoms with Crippen LogP contribution in [0.15, 0.2) is 5.16 Å². The van der Waals surface area contributed by atoms with Crippen molar-refractivity contribution < 1.29 is 4.79 Å². The molecule has 1 aromatic heterocycles. The zero-order valence-corrected chi connectivity index (χ0v) is 15.2. The van der Waals surface area contributed by atoms with Crippen molar-refractivity contribution in [3.8, 4) is 0 Å². The number of nitrogens with zero attached hydrogens (tertiary/aromatic N) is 4. The summed E-state index contributed by atoms with van der Waals surface area (Å²) in [7, 11) is 1.99. The molecule has 1 amide bonds. The SMILES string of the molecule is CCN(CC)C(=O)CSc1nnc(C2CCCNC2)n1C.Cl. The third-order valence-corrected chi connectivity index (χ3v) is 4.98. The maximum absolute atomic E-state index is 12.0. The van der Waals surface area contributed by atoms with Crippen LogP contribution in [-0.4, -0.2) is 57.5 Å². The second kappa shape index (κ2) is 9.37. The monoisotopic (exact) mass is 347 g/mol. The summed E-state index contributed by atoms with van der Waals surface area (Å²) in [6.45, 7) is 7.58. The van der Waals surface area contributed by atoms with Gasteiger partial charge in [0, 0.05) is 32.6 Å². The maximum atomic E-state index is 12.0. The second-order valence-corrected chi connectivity index (χ2v) is 6.24. The largest absolute Gasteiger partial charge is 0.343 e. The van der Waals surface area contributed by atoms with Gasteiger partial charge >= 0.3 is 0 Å². The fraction of sp³-hybridized carbons (Fsp3) is 0.786. The van der Waals surface area contributed by atoms with Gasteiger partial charge in [-0.2, -0.15) is 0 Å². The first kappa shape index (κ1) is 19.3. The van der Waals surface area contributed by atoms with E-state index in [4.69, 9.17) is 0 Å². The summed E-state index contributed by atoms with van der Waals surface area (Å²) in [4.78, 5) is 13.9. The van der Waals surface area contributed by atoms with Crippen molar-refractivity contribution in [2.75, 3.05) is 31.9 Å². The van der Waals surface area contributed by atoms with Crippen molar-refractivity contribution in [2.24, 2.45) is 7.05 Å². The fourth-order valence-electron chi connectivity index (χ4n) is 2.67. The average Bonchev–Trinajstić information content (AvgIpc) is 2.88. The summed E-state index contributed by atoms with van der Waals surface area (Å²) >= 11 is 1.48. The lowest BCUT2D eigenvalue weighted by atomic mass is 9.99. The molecular weight excluding hydrogens is 322 g/mol. The van der Waals surface area contributed by atoms with Gasteiger partial charge in [0.15, 0.2) is 5.16 Å². The molecule has 1 aliphatic heterocycles. The van der Waals surface area contributed by atoms with E-state index in [0.29, 0.717) is 11.7 Å². The van der Waals surface area contributed by atoms with Crippen LogP contribution in [0.25, 0.3) is 0 Å². The normalized spacial score (nSPS) is 17.9. The van der Waals surface area contributed by atoms with Crippen LogP contribution in [-0.2, 0) is 11.8 Å². The molecular formula is C14H26ClN5OS. The zero-order valence-electron chi connectivity index (χ0n) is 13.5. The highest BCUT2D eigenvalue weighted by Gasteiger charge is 2.22. The fourth-order valence-corrected chi connectivity index (χ4v) is 3.49. The van der Waals surface area contributed by atoms with Gasteiger partial charge in [0.25, 0.3) is 0 Å². The number of thioether (sulfide) groups is 1. The lowest BCUT2D eigenvalue weighted by molar-refractivity contribution is -0.127. The molecule has 0 aromatic carbocycles. The molecule has 1 N–H and O–H groups in total. The van der Waals surface area contributed by atoms with Gasteiger partial charge in [-0.3, -0.25) is 4.79 Å². The van der Waals surface area contributed by atoms with Gasteiger partial charge in [0.2, 0.25) is 5.91 Å². The molecule has 0 bridgehead atoms. The number of hydrogen-bond donors (Lipinski definition) is 1. The minimum Gasteiger partial charge on any atom is -0.343 e.